The van der Waals surface area contributed by atoms with Crippen LogP contribution in [0.25, 0.3) is 10.9 Å². The van der Waals surface area contributed by atoms with Crippen molar-refractivity contribution in [1.29, 1.82) is 0 Å². The molecule has 2 heterocycles. The molecule has 0 unspecified atom stereocenters. The van der Waals surface area contributed by atoms with E-state index in [0.29, 0.717) is 29.0 Å². The van der Waals surface area contributed by atoms with Crippen LogP contribution in [0.4, 0.5) is 11.5 Å². The number of fused-ring (bicyclic) bond motifs is 1. The largest absolute Gasteiger partial charge is 0.338 e. The van der Waals surface area contributed by atoms with Gasteiger partial charge in [0.25, 0.3) is 0 Å². The number of anilines is 2. The molecule has 1 aromatic heterocycles. The highest BCUT2D eigenvalue weighted by molar-refractivity contribution is 7.99. The molecule has 0 radical (unpaired) electrons. The van der Waals surface area contributed by atoms with Crippen molar-refractivity contribution in [1.82, 2.24) is 14.9 Å². The molecule has 7 nitrogen and oxygen atoms in total. The highest BCUT2D eigenvalue weighted by Gasteiger charge is 2.33. The highest BCUT2D eigenvalue weighted by atomic mass is 35.5. The number of carbonyl (C=O) groups excluding carboxylic acids is 1. The number of carbonyl (C=O) groups is 1. The number of hydrogen-bond acceptors (Lipinski definition) is 7. The van der Waals surface area contributed by atoms with E-state index in [1.165, 1.54) is 11.8 Å². The SMILES string of the molecule is CCN(C(=O)CSc1nc(Nc2ccccc2Cl)c2ccccc2n1)[C@H]1CCS(=O)(=O)C1. The number of hydrogen-bond donors (Lipinski definition) is 1. The second-order valence-corrected chi connectivity index (χ2v) is 11.1. The van der Waals surface area contributed by atoms with E-state index in [4.69, 9.17) is 11.6 Å². The van der Waals surface area contributed by atoms with Crippen LogP contribution in [0.1, 0.15) is 13.3 Å². The minimum absolute atomic E-state index is 0.0373. The topological polar surface area (TPSA) is 92.3 Å². The Bertz CT molecular complexity index is 1250. The van der Waals surface area contributed by atoms with Crippen LogP contribution in [0.3, 0.4) is 0 Å². The molecule has 0 bridgehead atoms. The number of nitrogens with zero attached hydrogens (tertiary/aromatic N) is 3. The van der Waals surface area contributed by atoms with Gasteiger partial charge in [0.1, 0.15) is 5.82 Å². The fourth-order valence-electron chi connectivity index (χ4n) is 3.77. The fraction of sp³-hybridized carbons (Fsp3) is 0.318. The number of halogens is 1. The standard InChI is InChI=1S/C22H23ClN4O3S2/c1-2-27(15-11-12-32(29,30)14-15)20(28)13-31-22-25-18-9-5-3-7-16(18)21(26-22)24-19-10-6-4-8-17(19)23/h3-10,15H,2,11-14H2,1H3,(H,24,25,26)/t15-/m0/s1. The molecule has 1 atom stereocenters. The summed E-state index contributed by atoms with van der Waals surface area (Å²) in [7, 11) is -3.06. The maximum absolute atomic E-state index is 12.9. The number of thioether (sulfide) groups is 1. The van der Waals surface area contributed by atoms with Gasteiger partial charge >= 0.3 is 0 Å². The summed E-state index contributed by atoms with van der Waals surface area (Å²) >= 11 is 7.54. The molecule has 4 rings (SSSR count). The normalized spacial score (nSPS) is 17.4. The Kier molecular flexibility index (Phi) is 6.88. The number of nitrogens with one attached hydrogen (secondary N) is 1. The van der Waals surface area contributed by atoms with Crippen LogP contribution in [0.5, 0.6) is 0 Å². The predicted octanol–water partition coefficient (Wildman–Crippen LogP) is 4.15. The lowest BCUT2D eigenvalue weighted by Gasteiger charge is -2.26. The Morgan fingerprint density at radius 1 is 1.19 bits per heavy atom. The molecule has 1 N–H and O–H groups in total. The van der Waals surface area contributed by atoms with E-state index in [2.05, 4.69) is 15.3 Å². The molecule has 0 aliphatic carbocycles. The zero-order valence-electron chi connectivity index (χ0n) is 17.5. The summed E-state index contributed by atoms with van der Waals surface area (Å²) in [4.78, 5) is 23.7. The van der Waals surface area contributed by atoms with Crippen molar-refractivity contribution < 1.29 is 13.2 Å². The molecule has 1 aliphatic rings. The van der Waals surface area contributed by atoms with E-state index in [1.54, 1.807) is 11.0 Å². The smallest absolute Gasteiger partial charge is 0.233 e. The van der Waals surface area contributed by atoms with Crippen molar-refractivity contribution in [2.45, 2.75) is 24.5 Å². The molecule has 1 fully saturated rings. The molecule has 32 heavy (non-hydrogen) atoms. The van der Waals surface area contributed by atoms with Crippen molar-refractivity contribution in [3.8, 4) is 0 Å². The van der Waals surface area contributed by atoms with Crippen LogP contribution in [0.2, 0.25) is 5.02 Å². The first-order valence-electron chi connectivity index (χ1n) is 10.3. The van der Waals surface area contributed by atoms with E-state index in [0.717, 1.165) is 16.6 Å². The number of amides is 1. The van der Waals surface area contributed by atoms with Gasteiger partial charge in [-0.25, -0.2) is 18.4 Å². The number of aromatic nitrogens is 2. The molecule has 1 amide bonds. The molecule has 2 aromatic carbocycles. The van der Waals surface area contributed by atoms with Gasteiger partial charge in [0.2, 0.25) is 5.91 Å². The monoisotopic (exact) mass is 490 g/mol. The van der Waals surface area contributed by atoms with Crippen LogP contribution in [0.15, 0.2) is 53.7 Å². The third kappa shape index (κ3) is 5.16. The van der Waals surface area contributed by atoms with Gasteiger partial charge in [-0.15, -0.1) is 0 Å². The first-order chi connectivity index (χ1) is 15.4. The molecular weight excluding hydrogens is 468 g/mol. The third-order valence-electron chi connectivity index (χ3n) is 5.34. The van der Waals surface area contributed by atoms with Crippen LogP contribution in [-0.2, 0) is 14.6 Å². The molecule has 1 aliphatic heterocycles. The molecule has 0 spiro atoms. The summed E-state index contributed by atoms with van der Waals surface area (Å²) < 4.78 is 23.6. The Morgan fingerprint density at radius 2 is 1.94 bits per heavy atom. The summed E-state index contributed by atoms with van der Waals surface area (Å²) in [6, 6.07) is 14.8. The summed E-state index contributed by atoms with van der Waals surface area (Å²) in [6.45, 7) is 2.34. The lowest BCUT2D eigenvalue weighted by atomic mass is 10.2. The number of benzene rings is 2. The van der Waals surface area contributed by atoms with Gasteiger partial charge in [-0.1, -0.05) is 47.6 Å². The number of rotatable bonds is 7. The van der Waals surface area contributed by atoms with Crippen LogP contribution in [-0.4, -0.2) is 59.0 Å². The van der Waals surface area contributed by atoms with Gasteiger partial charge < -0.3 is 10.2 Å². The van der Waals surface area contributed by atoms with Gasteiger partial charge in [0, 0.05) is 18.0 Å². The molecule has 3 aromatic rings. The third-order valence-corrected chi connectivity index (χ3v) is 8.26. The van der Waals surface area contributed by atoms with Crippen molar-refractivity contribution in [3.05, 3.63) is 53.6 Å². The quantitative estimate of drug-likeness (QED) is 0.392. The summed E-state index contributed by atoms with van der Waals surface area (Å²) in [5.74, 6) is 0.799. The Labute approximate surface area is 196 Å². The number of sulfone groups is 1. The van der Waals surface area contributed by atoms with E-state index >= 15 is 0 Å². The van der Waals surface area contributed by atoms with E-state index in [-0.39, 0.29) is 29.2 Å². The first-order valence-corrected chi connectivity index (χ1v) is 13.5. The predicted molar refractivity (Wildman–Crippen MR) is 129 cm³/mol. The van der Waals surface area contributed by atoms with Gasteiger partial charge in [-0.3, -0.25) is 4.79 Å². The Hall–Kier alpha value is -2.36. The van der Waals surface area contributed by atoms with E-state index in [9.17, 15) is 13.2 Å². The average Bonchev–Trinajstić information content (AvgIpc) is 3.13. The minimum Gasteiger partial charge on any atom is -0.338 e. The minimum atomic E-state index is -3.06. The van der Waals surface area contributed by atoms with E-state index in [1.807, 2.05) is 49.4 Å². The Morgan fingerprint density at radius 3 is 2.66 bits per heavy atom. The van der Waals surface area contributed by atoms with Crippen LogP contribution >= 0.6 is 23.4 Å². The summed E-state index contributed by atoms with van der Waals surface area (Å²) in [6.07, 6.45) is 0.491. The van der Waals surface area contributed by atoms with Crippen LogP contribution < -0.4 is 5.32 Å². The highest BCUT2D eigenvalue weighted by Crippen LogP contribution is 2.30. The summed E-state index contributed by atoms with van der Waals surface area (Å²) in [5.41, 5.74) is 1.48. The van der Waals surface area contributed by atoms with Gasteiger partial charge in [-0.05, 0) is 37.6 Å². The van der Waals surface area contributed by atoms with Crippen molar-refractivity contribution >= 4 is 61.5 Å². The molecular formula is C22H23ClN4O3S2. The fourth-order valence-corrected chi connectivity index (χ4v) is 6.42. The Balaban J connectivity index is 1.54. The average molecular weight is 491 g/mol. The van der Waals surface area contributed by atoms with E-state index < -0.39 is 9.84 Å². The van der Waals surface area contributed by atoms with Crippen molar-refractivity contribution in [2.75, 3.05) is 29.1 Å². The zero-order valence-corrected chi connectivity index (χ0v) is 19.9. The van der Waals surface area contributed by atoms with Crippen molar-refractivity contribution in [2.24, 2.45) is 0 Å². The summed E-state index contributed by atoms with van der Waals surface area (Å²) in [5, 5.41) is 5.15. The molecule has 168 valence electrons. The second kappa shape index (κ2) is 9.64. The molecule has 0 saturated carbocycles. The van der Waals surface area contributed by atoms with Crippen LogP contribution in [0, 0.1) is 0 Å². The van der Waals surface area contributed by atoms with Crippen molar-refractivity contribution in [3.63, 3.8) is 0 Å². The van der Waals surface area contributed by atoms with Gasteiger partial charge in [0.15, 0.2) is 15.0 Å². The lowest BCUT2D eigenvalue weighted by molar-refractivity contribution is -0.129. The zero-order chi connectivity index (χ0) is 22.7. The second-order valence-electron chi connectivity index (χ2n) is 7.50. The number of para-hydroxylation sites is 2. The molecule has 10 heteroatoms. The van der Waals surface area contributed by atoms with Gasteiger partial charge in [-0.2, -0.15) is 0 Å². The maximum Gasteiger partial charge on any atom is 0.233 e. The van der Waals surface area contributed by atoms with Gasteiger partial charge in [0.05, 0.1) is 33.5 Å². The molecule has 1 saturated heterocycles. The lowest BCUT2D eigenvalue weighted by Crippen LogP contribution is -2.41. The first kappa shape index (κ1) is 22.8. The maximum atomic E-state index is 12.9.